The topological polar surface area (TPSA) is 103 Å². The molecular formula is C19H27N3O4. The van der Waals surface area contributed by atoms with E-state index in [1.165, 1.54) is 0 Å². The molecule has 0 unspecified atom stereocenters. The summed E-state index contributed by atoms with van der Waals surface area (Å²) in [7, 11) is 1.61. The monoisotopic (exact) mass is 361 g/mol. The third-order valence-corrected chi connectivity index (χ3v) is 4.87. The van der Waals surface area contributed by atoms with E-state index < -0.39 is 5.91 Å². The zero-order chi connectivity index (χ0) is 19.3. The first-order valence-corrected chi connectivity index (χ1v) is 8.77. The van der Waals surface area contributed by atoms with Gasteiger partial charge in [0.05, 0.1) is 13.5 Å². The standard InChI is InChI=1S/C19H27N3O4/c1-5-11(2)17(10-19(24)22-25)21-18(23)9-14-12(3)20-16-7-6-13(26-4)8-15(14)16/h6-8,11,17,20,25H,5,9-10H2,1-4H3,(H,21,23)(H,22,24)/t11-,17+/m0/s1. The van der Waals surface area contributed by atoms with Crippen LogP contribution in [0.15, 0.2) is 18.2 Å². The highest BCUT2D eigenvalue weighted by Crippen LogP contribution is 2.27. The second-order valence-electron chi connectivity index (χ2n) is 6.62. The minimum absolute atomic E-state index is 0.0396. The summed E-state index contributed by atoms with van der Waals surface area (Å²) in [5, 5.41) is 12.6. The molecule has 7 nitrogen and oxygen atoms in total. The third-order valence-electron chi connectivity index (χ3n) is 4.87. The van der Waals surface area contributed by atoms with Gasteiger partial charge < -0.3 is 15.0 Å². The highest BCUT2D eigenvalue weighted by Gasteiger charge is 2.22. The molecule has 1 heterocycles. The number of aryl methyl sites for hydroxylation is 1. The number of H-pyrrole nitrogens is 1. The van der Waals surface area contributed by atoms with Crippen molar-refractivity contribution in [3.8, 4) is 5.75 Å². The van der Waals surface area contributed by atoms with E-state index in [1.54, 1.807) is 12.6 Å². The quantitative estimate of drug-likeness (QED) is 0.428. The molecule has 0 radical (unpaired) electrons. The molecule has 1 aromatic carbocycles. The Kier molecular flexibility index (Phi) is 6.63. The number of rotatable bonds is 8. The molecule has 7 heteroatoms. The number of benzene rings is 1. The van der Waals surface area contributed by atoms with E-state index in [2.05, 4.69) is 10.3 Å². The molecular weight excluding hydrogens is 334 g/mol. The van der Waals surface area contributed by atoms with Crippen molar-refractivity contribution in [3.05, 3.63) is 29.5 Å². The molecule has 2 aromatic rings. The first-order chi connectivity index (χ1) is 12.4. The average Bonchev–Trinajstić information content (AvgIpc) is 2.94. The van der Waals surface area contributed by atoms with Crippen LogP contribution < -0.4 is 15.5 Å². The highest BCUT2D eigenvalue weighted by atomic mass is 16.5. The molecule has 2 amide bonds. The number of methoxy groups -OCH3 is 1. The van der Waals surface area contributed by atoms with E-state index >= 15 is 0 Å². The Morgan fingerprint density at radius 1 is 1.31 bits per heavy atom. The maximum Gasteiger partial charge on any atom is 0.245 e. The number of hydrogen-bond donors (Lipinski definition) is 4. The van der Waals surface area contributed by atoms with Gasteiger partial charge in [0, 0.05) is 29.1 Å². The second-order valence-corrected chi connectivity index (χ2v) is 6.62. The molecule has 0 aliphatic rings. The van der Waals surface area contributed by atoms with Crippen LogP contribution in [0.5, 0.6) is 5.75 Å². The van der Waals surface area contributed by atoms with Gasteiger partial charge in [-0.2, -0.15) is 0 Å². The lowest BCUT2D eigenvalue weighted by atomic mass is 9.95. The molecule has 0 saturated heterocycles. The van der Waals surface area contributed by atoms with Crippen LogP contribution in [0.3, 0.4) is 0 Å². The molecule has 0 bridgehead atoms. The van der Waals surface area contributed by atoms with Crippen LogP contribution >= 0.6 is 0 Å². The molecule has 4 N–H and O–H groups in total. The van der Waals surface area contributed by atoms with Crippen LogP contribution in [0.2, 0.25) is 0 Å². The number of ether oxygens (including phenoxy) is 1. The van der Waals surface area contributed by atoms with Crippen LogP contribution in [-0.2, 0) is 16.0 Å². The summed E-state index contributed by atoms with van der Waals surface area (Å²) < 4.78 is 5.28. The summed E-state index contributed by atoms with van der Waals surface area (Å²) in [6.07, 6.45) is 1.05. The van der Waals surface area contributed by atoms with Gasteiger partial charge in [-0.15, -0.1) is 0 Å². The Hall–Kier alpha value is -2.54. The number of hydrogen-bond acceptors (Lipinski definition) is 4. The van der Waals surface area contributed by atoms with Gasteiger partial charge in [0.2, 0.25) is 11.8 Å². The predicted octanol–water partition coefficient (Wildman–Crippen LogP) is 2.45. The number of amides is 2. The number of carbonyl (C=O) groups is 2. The number of carbonyl (C=O) groups excluding carboxylic acids is 2. The zero-order valence-electron chi connectivity index (χ0n) is 15.7. The van der Waals surface area contributed by atoms with Gasteiger partial charge in [-0.05, 0) is 36.6 Å². The van der Waals surface area contributed by atoms with E-state index in [9.17, 15) is 9.59 Å². The fourth-order valence-corrected chi connectivity index (χ4v) is 3.06. The van der Waals surface area contributed by atoms with E-state index in [4.69, 9.17) is 9.94 Å². The van der Waals surface area contributed by atoms with Gasteiger partial charge in [0.1, 0.15) is 5.75 Å². The Labute approximate surface area is 153 Å². The average molecular weight is 361 g/mol. The third kappa shape index (κ3) is 4.54. The maximum atomic E-state index is 12.6. The number of fused-ring (bicyclic) bond motifs is 1. The maximum absolute atomic E-state index is 12.6. The minimum Gasteiger partial charge on any atom is -0.497 e. The van der Waals surface area contributed by atoms with Crippen molar-refractivity contribution in [1.82, 2.24) is 15.8 Å². The molecule has 0 saturated carbocycles. The Morgan fingerprint density at radius 2 is 2.04 bits per heavy atom. The summed E-state index contributed by atoms with van der Waals surface area (Å²) >= 11 is 0. The van der Waals surface area contributed by atoms with E-state index in [0.717, 1.165) is 34.3 Å². The van der Waals surface area contributed by atoms with Crippen LogP contribution in [-0.4, -0.2) is 35.2 Å². The van der Waals surface area contributed by atoms with Gasteiger partial charge in [-0.1, -0.05) is 20.3 Å². The van der Waals surface area contributed by atoms with Crippen molar-refractivity contribution < 1.29 is 19.5 Å². The number of hydroxylamine groups is 1. The molecule has 2 rings (SSSR count). The van der Waals surface area contributed by atoms with Gasteiger partial charge in [-0.3, -0.25) is 14.8 Å². The first kappa shape index (κ1) is 19.8. The lowest BCUT2D eigenvalue weighted by Crippen LogP contribution is -2.43. The fraction of sp³-hybridized carbons (Fsp3) is 0.474. The minimum atomic E-state index is -0.511. The van der Waals surface area contributed by atoms with Crippen LogP contribution in [0, 0.1) is 12.8 Å². The number of aromatic amines is 1. The summed E-state index contributed by atoms with van der Waals surface area (Å²) in [5.74, 6) is 0.173. The molecule has 0 aliphatic carbocycles. The summed E-state index contributed by atoms with van der Waals surface area (Å²) in [6, 6.07) is 5.37. The molecule has 0 aliphatic heterocycles. The first-order valence-electron chi connectivity index (χ1n) is 8.77. The van der Waals surface area contributed by atoms with Gasteiger partial charge in [-0.25, -0.2) is 5.48 Å². The smallest absolute Gasteiger partial charge is 0.245 e. The largest absolute Gasteiger partial charge is 0.497 e. The molecule has 1 aromatic heterocycles. The Bertz CT molecular complexity index is 784. The van der Waals surface area contributed by atoms with Crippen molar-refractivity contribution in [1.29, 1.82) is 0 Å². The van der Waals surface area contributed by atoms with E-state index in [-0.39, 0.29) is 30.7 Å². The molecule has 0 fully saturated rings. The lowest BCUT2D eigenvalue weighted by molar-refractivity contribution is -0.130. The van der Waals surface area contributed by atoms with Gasteiger partial charge in [0.15, 0.2) is 0 Å². The molecule has 0 spiro atoms. The zero-order valence-corrected chi connectivity index (χ0v) is 15.7. The number of aromatic nitrogens is 1. The highest BCUT2D eigenvalue weighted by molar-refractivity contribution is 5.91. The van der Waals surface area contributed by atoms with Crippen molar-refractivity contribution in [2.24, 2.45) is 5.92 Å². The van der Waals surface area contributed by atoms with Crippen LogP contribution in [0.1, 0.15) is 37.9 Å². The normalized spacial score (nSPS) is 13.3. The van der Waals surface area contributed by atoms with Crippen molar-refractivity contribution in [2.75, 3.05) is 7.11 Å². The van der Waals surface area contributed by atoms with Gasteiger partial charge >= 0.3 is 0 Å². The fourth-order valence-electron chi connectivity index (χ4n) is 3.06. The number of nitrogens with one attached hydrogen (secondary N) is 3. The van der Waals surface area contributed by atoms with E-state index in [1.807, 2.05) is 39.0 Å². The molecule has 142 valence electrons. The summed E-state index contributed by atoms with van der Waals surface area (Å²) in [5.41, 5.74) is 4.41. The Balaban J connectivity index is 2.18. The van der Waals surface area contributed by atoms with Crippen molar-refractivity contribution >= 4 is 22.7 Å². The summed E-state index contributed by atoms with van der Waals surface area (Å²) in [6.45, 7) is 5.90. The predicted molar refractivity (Wildman–Crippen MR) is 99.2 cm³/mol. The lowest BCUT2D eigenvalue weighted by Gasteiger charge is -2.23. The Morgan fingerprint density at radius 3 is 2.65 bits per heavy atom. The van der Waals surface area contributed by atoms with Crippen LogP contribution in [0.4, 0.5) is 0 Å². The molecule has 26 heavy (non-hydrogen) atoms. The van der Waals surface area contributed by atoms with Crippen molar-refractivity contribution in [3.63, 3.8) is 0 Å². The van der Waals surface area contributed by atoms with Gasteiger partial charge in [0.25, 0.3) is 0 Å². The van der Waals surface area contributed by atoms with Crippen LogP contribution in [0.25, 0.3) is 10.9 Å². The van der Waals surface area contributed by atoms with Crippen molar-refractivity contribution in [2.45, 2.75) is 46.1 Å². The SMILES string of the molecule is CC[C@H](C)[C@@H](CC(=O)NO)NC(=O)Cc1c(C)[nH]c2ccc(OC)cc12. The summed E-state index contributed by atoms with van der Waals surface area (Å²) in [4.78, 5) is 27.4. The molecule has 2 atom stereocenters. The van der Waals surface area contributed by atoms with E-state index in [0.29, 0.717) is 0 Å². The second kappa shape index (κ2) is 8.71.